The summed E-state index contributed by atoms with van der Waals surface area (Å²) in [4.78, 5) is 0. The van der Waals surface area contributed by atoms with Gasteiger partial charge in [0.2, 0.25) is 0 Å². The molecule has 2 nitrogen and oxygen atoms in total. The minimum Gasteiger partial charge on any atom is -0.398 e. The Morgan fingerprint density at radius 2 is 1.93 bits per heavy atom. The van der Waals surface area contributed by atoms with Gasteiger partial charge in [-0.3, -0.25) is 0 Å². The summed E-state index contributed by atoms with van der Waals surface area (Å²) in [5.74, 6) is 0. The number of nitrogens with two attached hydrogens (primary N) is 1. The third-order valence-electron chi connectivity index (χ3n) is 2.69. The van der Waals surface area contributed by atoms with Crippen molar-refractivity contribution in [1.82, 2.24) is 0 Å². The largest absolute Gasteiger partial charge is 0.398 e. The van der Waals surface area contributed by atoms with Gasteiger partial charge in [-0.1, -0.05) is 25.4 Å². The molecule has 0 aliphatic rings. The predicted octanol–water partition coefficient (Wildman–Crippen LogP) is 3.83. The molecular weight excluding hydrogens is 208 g/mol. The van der Waals surface area contributed by atoms with E-state index in [1.54, 1.807) is 0 Å². The van der Waals surface area contributed by atoms with Crippen LogP contribution in [0.4, 0.5) is 11.4 Å². The first-order valence-electron chi connectivity index (χ1n) is 5.40. The molecule has 1 aromatic rings. The first-order valence-corrected chi connectivity index (χ1v) is 5.78. The van der Waals surface area contributed by atoms with Crippen LogP contribution in [-0.4, -0.2) is 6.04 Å². The first-order chi connectivity index (χ1) is 7.08. The number of anilines is 2. The molecule has 0 amide bonds. The van der Waals surface area contributed by atoms with Gasteiger partial charge in [0.05, 0.1) is 10.7 Å². The molecule has 0 aromatic heterocycles. The van der Waals surface area contributed by atoms with Gasteiger partial charge in [0, 0.05) is 11.7 Å². The third-order valence-corrected chi connectivity index (χ3v) is 3.02. The highest BCUT2D eigenvalue weighted by molar-refractivity contribution is 6.33. The topological polar surface area (TPSA) is 38.0 Å². The van der Waals surface area contributed by atoms with E-state index < -0.39 is 0 Å². The van der Waals surface area contributed by atoms with E-state index in [0.29, 0.717) is 16.8 Å². The summed E-state index contributed by atoms with van der Waals surface area (Å²) in [6.45, 7) is 6.39. The van der Waals surface area contributed by atoms with Crippen LogP contribution in [0.25, 0.3) is 0 Å². The summed E-state index contributed by atoms with van der Waals surface area (Å²) in [6.07, 6.45) is 2.22. The van der Waals surface area contributed by atoms with Crippen LogP contribution < -0.4 is 11.1 Å². The fourth-order valence-corrected chi connectivity index (χ4v) is 1.74. The van der Waals surface area contributed by atoms with Crippen molar-refractivity contribution < 1.29 is 0 Å². The molecule has 0 heterocycles. The van der Waals surface area contributed by atoms with Gasteiger partial charge in [0.15, 0.2) is 0 Å². The third kappa shape index (κ3) is 3.03. The Kier molecular flexibility index (Phi) is 4.28. The molecule has 84 valence electrons. The average molecular weight is 227 g/mol. The second-order valence-electron chi connectivity index (χ2n) is 3.85. The van der Waals surface area contributed by atoms with Gasteiger partial charge >= 0.3 is 0 Å². The van der Waals surface area contributed by atoms with Crippen molar-refractivity contribution in [3.63, 3.8) is 0 Å². The number of hydrogen-bond acceptors (Lipinski definition) is 2. The SMILES string of the molecule is CCC(CC)Nc1cc(Cl)c(N)cc1C. The predicted molar refractivity (Wildman–Crippen MR) is 68.6 cm³/mol. The Labute approximate surface area is 96.8 Å². The van der Waals surface area contributed by atoms with E-state index in [4.69, 9.17) is 17.3 Å². The van der Waals surface area contributed by atoms with Crippen molar-refractivity contribution in [3.05, 3.63) is 22.7 Å². The van der Waals surface area contributed by atoms with Crippen molar-refractivity contribution >= 4 is 23.0 Å². The number of halogens is 1. The van der Waals surface area contributed by atoms with E-state index in [-0.39, 0.29) is 0 Å². The minimum absolute atomic E-state index is 0.503. The highest BCUT2D eigenvalue weighted by atomic mass is 35.5. The van der Waals surface area contributed by atoms with Crippen LogP contribution in [0.2, 0.25) is 5.02 Å². The van der Waals surface area contributed by atoms with Crippen molar-refractivity contribution in [1.29, 1.82) is 0 Å². The normalized spacial score (nSPS) is 10.7. The zero-order valence-corrected chi connectivity index (χ0v) is 10.4. The summed E-state index contributed by atoms with van der Waals surface area (Å²) in [7, 11) is 0. The molecule has 0 aliphatic heterocycles. The smallest absolute Gasteiger partial charge is 0.0656 e. The van der Waals surface area contributed by atoms with Gasteiger partial charge in [-0.2, -0.15) is 0 Å². The molecule has 3 heteroatoms. The van der Waals surface area contributed by atoms with Gasteiger partial charge < -0.3 is 11.1 Å². The van der Waals surface area contributed by atoms with E-state index in [1.165, 1.54) is 0 Å². The molecule has 0 atom stereocenters. The minimum atomic E-state index is 0.503. The van der Waals surface area contributed by atoms with Crippen molar-refractivity contribution in [2.75, 3.05) is 11.1 Å². The fraction of sp³-hybridized carbons (Fsp3) is 0.500. The molecule has 0 bridgehead atoms. The van der Waals surface area contributed by atoms with Gasteiger partial charge in [0.1, 0.15) is 0 Å². The molecule has 1 rings (SSSR count). The summed E-state index contributed by atoms with van der Waals surface area (Å²) >= 11 is 5.99. The van der Waals surface area contributed by atoms with E-state index in [9.17, 15) is 0 Å². The maximum absolute atomic E-state index is 5.99. The quantitative estimate of drug-likeness (QED) is 0.766. The number of nitrogens with one attached hydrogen (secondary N) is 1. The number of hydrogen-bond donors (Lipinski definition) is 2. The molecular formula is C12H19ClN2. The molecule has 0 saturated carbocycles. The highest BCUT2D eigenvalue weighted by Crippen LogP contribution is 2.27. The summed E-state index contributed by atoms with van der Waals surface area (Å²) in [5, 5.41) is 4.09. The second-order valence-corrected chi connectivity index (χ2v) is 4.25. The fourth-order valence-electron chi connectivity index (χ4n) is 1.57. The molecule has 0 unspecified atom stereocenters. The number of nitrogen functional groups attached to an aromatic ring is 1. The lowest BCUT2D eigenvalue weighted by molar-refractivity contribution is 0.671. The highest BCUT2D eigenvalue weighted by Gasteiger charge is 2.07. The van der Waals surface area contributed by atoms with E-state index in [2.05, 4.69) is 19.2 Å². The van der Waals surface area contributed by atoms with Crippen LogP contribution in [-0.2, 0) is 0 Å². The zero-order valence-electron chi connectivity index (χ0n) is 9.60. The lowest BCUT2D eigenvalue weighted by atomic mass is 10.1. The first kappa shape index (κ1) is 12.2. The Bertz CT molecular complexity index is 333. The molecule has 15 heavy (non-hydrogen) atoms. The number of rotatable bonds is 4. The Morgan fingerprint density at radius 1 is 1.33 bits per heavy atom. The van der Waals surface area contributed by atoms with Crippen LogP contribution in [0.3, 0.4) is 0 Å². The number of benzene rings is 1. The van der Waals surface area contributed by atoms with Crippen LogP contribution in [0, 0.1) is 6.92 Å². The van der Waals surface area contributed by atoms with Crippen molar-refractivity contribution in [2.24, 2.45) is 0 Å². The summed E-state index contributed by atoms with van der Waals surface area (Å²) in [5.41, 5.74) is 8.60. The zero-order chi connectivity index (χ0) is 11.4. The molecule has 0 spiro atoms. The van der Waals surface area contributed by atoms with Crippen LogP contribution in [0.5, 0.6) is 0 Å². The monoisotopic (exact) mass is 226 g/mol. The Hall–Kier alpha value is -0.890. The van der Waals surface area contributed by atoms with Gasteiger partial charge in [-0.25, -0.2) is 0 Å². The molecule has 0 aliphatic carbocycles. The van der Waals surface area contributed by atoms with Gasteiger partial charge in [-0.15, -0.1) is 0 Å². The van der Waals surface area contributed by atoms with Crippen LogP contribution in [0.1, 0.15) is 32.3 Å². The molecule has 0 fully saturated rings. The molecule has 0 saturated heterocycles. The molecule has 3 N–H and O–H groups in total. The van der Waals surface area contributed by atoms with Crippen molar-refractivity contribution in [3.8, 4) is 0 Å². The maximum atomic E-state index is 5.99. The maximum Gasteiger partial charge on any atom is 0.0656 e. The Morgan fingerprint density at radius 3 is 2.47 bits per heavy atom. The van der Waals surface area contributed by atoms with E-state index >= 15 is 0 Å². The summed E-state index contributed by atoms with van der Waals surface area (Å²) in [6, 6.07) is 4.32. The van der Waals surface area contributed by atoms with Gasteiger partial charge in [-0.05, 0) is 37.5 Å². The van der Waals surface area contributed by atoms with Crippen LogP contribution >= 0.6 is 11.6 Å². The van der Waals surface area contributed by atoms with E-state index in [1.807, 2.05) is 19.1 Å². The lowest BCUT2D eigenvalue weighted by Gasteiger charge is -2.18. The molecule has 0 radical (unpaired) electrons. The van der Waals surface area contributed by atoms with E-state index in [0.717, 1.165) is 24.1 Å². The van der Waals surface area contributed by atoms with Crippen LogP contribution in [0.15, 0.2) is 12.1 Å². The molecule has 1 aromatic carbocycles. The average Bonchev–Trinajstić information content (AvgIpc) is 2.21. The van der Waals surface area contributed by atoms with Gasteiger partial charge in [0.25, 0.3) is 0 Å². The second kappa shape index (κ2) is 5.26. The Balaban J connectivity index is 2.89. The lowest BCUT2D eigenvalue weighted by Crippen LogP contribution is -2.17. The summed E-state index contributed by atoms with van der Waals surface area (Å²) < 4.78 is 0. The van der Waals surface area contributed by atoms with Crippen molar-refractivity contribution in [2.45, 2.75) is 39.7 Å². The number of aryl methyl sites for hydroxylation is 1. The standard InChI is InChI=1S/C12H19ClN2/c1-4-9(5-2)15-12-7-10(13)11(14)6-8(12)3/h6-7,9,15H,4-5,14H2,1-3H3.